The zero-order valence-corrected chi connectivity index (χ0v) is 16.4. The topological polar surface area (TPSA) is 77.1 Å². The Bertz CT molecular complexity index is 1020. The molecule has 150 valence electrons. The highest BCUT2D eigenvalue weighted by Crippen LogP contribution is 2.54. The molecule has 2 aromatic rings. The number of ether oxygens (including phenoxy) is 3. The number of rotatable bonds is 4. The minimum atomic E-state index is -0.981. The van der Waals surface area contributed by atoms with Gasteiger partial charge in [-0.15, -0.1) is 0 Å². The number of benzene rings is 2. The second kappa shape index (κ2) is 6.40. The third kappa shape index (κ3) is 2.57. The quantitative estimate of drug-likeness (QED) is 0.861. The van der Waals surface area contributed by atoms with Crippen molar-refractivity contribution in [3.05, 3.63) is 47.5 Å². The number of nitrogens with zero attached hydrogens (tertiary/aromatic N) is 1. The van der Waals surface area contributed by atoms with E-state index >= 15 is 0 Å². The number of hydrogen-bond acceptors (Lipinski definition) is 5. The second-order valence-corrected chi connectivity index (χ2v) is 8.00. The molecule has 1 unspecified atom stereocenters. The van der Waals surface area contributed by atoms with Crippen molar-refractivity contribution in [2.45, 2.75) is 19.3 Å². The highest BCUT2D eigenvalue weighted by atomic mass is 16.7. The molecule has 2 amide bonds. The van der Waals surface area contributed by atoms with E-state index in [0.29, 0.717) is 29.7 Å². The summed E-state index contributed by atoms with van der Waals surface area (Å²) >= 11 is 0. The molecule has 7 nitrogen and oxygen atoms in total. The van der Waals surface area contributed by atoms with E-state index in [9.17, 15) is 9.59 Å². The molecule has 3 aliphatic heterocycles. The molecule has 0 saturated carbocycles. The normalized spacial score (nSPS) is 20.8. The molecule has 0 fully saturated rings. The summed E-state index contributed by atoms with van der Waals surface area (Å²) in [5.74, 6) is 1.84. The van der Waals surface area contributed by atoms with Crippen LogP contribution in [0.15, 0.2) is 36.4 Å². The Labute approximate surface area is 168 Å². The van der Waals surface area contributed by atoms with E-state index in [0.717, 1.165) is 16.8 Å². The summed E-state index contributed by atoms with van der Waals surface area (Å²) in [5, 5.41) is 2.89. The van der Waals surface area contributed by atoms with Crippen LogP contribution in [0.2, 0.25) is 0 Å². The van der Waals surface area contributed by atoms with E-state index in [2.05, 4.69) is 5.32 Å². The predicted octanol–water partition coefficient (Wildman–Crippen LogP) is 2.21. The summed E-state index contributed by atoms with van der Waals surface area (Å²) < 4.78 is 16.9. The Hall–Kier alpha value is -3.22. The summed E-state index contributed by atoms with van der Waals surface area (Å²) in [6, 6.07) is 11.2. The largest absolute Gasteiger partial charge is 0.491 e. The van der Waals surface area contributed by atoms with E-state index in [1.807, 2.05) is 44.2 Å². The van der Waals surface area contributed by atoms with Crippen LogP contribution in [0.4, 0.5) is 5.69 Å². The third-order valence-electron chi connectivity index (χ3n) is 5.65. The van der Waals surface area contributed by atoms with Crippen molar-refractivity contribution in [1.29, 1.82) is 0 Å². The van der Waals surface area contributed by atoms with Gasteiger partial charge in [0.15, 0.2) is 11.5 Å². The van der Waals surface area contributed by atoms with Gasteiger partial charge in [-0.25, -0.2) is 0 Å². The van der Waals surface area contributed by atoms with Gasteiger partial charge in [0.25, 0.3) is 0 Å². The molecule has 3 aliphatic rings. The highest BCUT2D eigenvalue weighted by Gasteiger charge is 2.57. The van der Waals surface area contributed by atoms with Crippen LogP contribution in [0.25, 0.3) is 0 Å². The van der Waals surface area contributed by atoms with Gasteiger partial charge in [0, 0.05) is 23.9 Å². The fraction of sp³-hybridized carbons (Fsp3) is 0.364. The first kappa shape index (κ1) is 17.8. The van der Waals surface area contributed by atoms with Crippen LogP contribution in [0.3, 0.4) is 0 Å². The van der Waals surface area contributed by atoms with Crippen molar-refractivity contribution in [3.63, 3.8) is 0 Å². The number of carbonyl (C=O) groups is 2. The summed E-state index contributed by atoms with van der Waals surface area (Å²) in [4.78, 5) is 27.8. The van der Waals surface area contributed by atoms with Gasteiger partial charge in [-0.3, -0.25) is 9.59 Å². The number of amides is 2. The lowest BCUT2D eigenvalue weighted by Crippen LogP contribution is -2.46. The molecule has 0 saturated heterocycles. The van der Waals surface area contributed by atoms with Gasteiger partial charge >= 0.3 is 0 Å². The first-order valence-corrected chi connectivity index (χ1v) is 9.76. The van der Waals surface area contributed by atoms with E-state index in [-0.39, 0.29) is 31.8 Å². The van der Waals surface area contributed by atoms with Gasteiger partial charge in [-0.05, 0) is 23.6 Å². The first-order chi connectivity index (χ1) is 14.0. The number of para-hydroxylation sites is 1. The number of nitrogens with one attached hydrogen (secondary N) is 1. The summed E-state index contributed by atoms with van der Waals surface area (Å²) in [6.45, 7) is 4.95. The van der Waals surface area contributed by atoms with Crippen molar-refractivity contribution in [3.8, 4) is 17.2 Å². The fourth-order valence-corrected chi connectivity index (χ4v) is 4.24. The molecule has 2 aromatic carbocycles. The van der Waals surface area contributed by atoms with Crippen molar-refractivity contribution < 1.29 is 23.8 Å². The van der Waals surface area contributed by atoms with Gasteiger partial charge < -0.3 is 24.4 Å². The third-order valence-corrected chi connectivity index (χ3v) is 5.65. The molecule has 1 atom stereocenters. The molecule has 3 heterocycles. The predicted molar refractivity (Wildman–Crippen MR) is 105 cm³/mol. The second-order valence-electron chi connectivity index (χ2n) is 8.00. The van der Waals surface area contributed by atoms with Crippen molar-refractivity contribution in [2.24, 2.45) is 5.92 Å². The molecular formula is C22H22N2O5. The maximum Gasteiger partial charge on any atom is 0.246 e. The number of hydrogen-bond donors (Lipinski definition) is 1. The van der Waals surface area contributed by atoms with Gasteiger partial charge in [0.1, 0.15) is 24.3 Å². The van der Waals surface area contributed by atoms with Crippen LogP contribution in [0.1, 0.15) is 25.0 Å². The van der Waals surface area contributed by atoms with Crippen LogP contribution in [0.5, 0.6) is 17.2 Å². The maximum absolute atomic E-state index is 13.7. The van der Waals surface area contributed by atoms with Gasteiger partial charge in [-0.1, -0.05) is 32.0 Å². The lowest BCUT2D eigenvalue weighted by atomic mass is 9.77. The molecule has 0 bridgehead atoms. The average molecular weight is 394 g/mol. The summed E-state index contributed by atoms with van der Waals surface area (Å²) in [5.41, 5.74) is 1.36. The summed E-state index contributed by atoms with van der Waals surface area (Å²) in [7, 11) is 0. The van der Waals surface area contributed by atoms with Crippen LogP contribution in [-0.4, -0.2) is 38.3 Å². The highest BCUT2D eigenvalue weighted by molar-refractivity contribution is 6.13. The molecule has 0 radical (unpaired) electrons. The Kier molecular flexibility index (Phi) is 3.94. The van der Waals surface area contributed by atoms with Crippen LogP contribution in [-0.2, 0) is 15.0 Å². The minimum absolute atomic E-state index is 0.0236. The fourth-order valence-electron chi connectivity index (χ4n) is 4.24. The monoisotopic (exact) mass is 394 g/mol. The molecule has 0 aromatic heterocycles. The molecule has 7 heteroatoms. The maximum atomic E-state index is 13.7. The SMILES string of the molecule is CC(C)CNC(=O)CN1C(=O)C2(COc3cc4c(cc32)OCO4)c2ccccc21. The minimum Gasteiger partial charge on any atom is -0.491 e. The Morgan fingerprint density at radius 1 is 1.10 bits per heavy atom. The van der Waals surface area contributed by atoms with Crippen LogP contribution >= 0.6 is 0 Å². The number of anilines is 1. The van der Waals surface area contributed by atoms with E-state index in [1.54, 1.807) is 11.0 Å². The Morgan fingerprint density at radius 2 is 1.86 bits per heavy atom. The smallest absolute Gasteiger partial charge is 0.246 e. The van der Waals surface area contributed by atoms with Crippen molar-refractivity contribution >= 4 is 17.5 Å². The van der Waals surface area contributed by atoms with E-state index in [4.69, 9.17) is 14.2 Å². The average Bonchev–Trinajstić information content (AvgIpc) is 3.38. The van der Waals surface area contributed by atoms with Gasteiger partial charge in [0.05, 0.1) is 0 Å². The summed E-state index contributed by atoms with van der Waals surface area (Å²) in [6.07, 6.45) is 0. The standard InChI is InChI=1S/C22H22N2O5/c1-13(2)9-23-20(25)10-24-16-6-4-3-5-14(16)22(21(24)26)11-27-17-8-19-18(7-15(17)22)28-12-29-19/h3-8,13H,9-12H2,1-2H3,(H,23,25). The van der Waals surface area contributed by atoms with Crippen LogP contribution in [0, 0.1) is 5.92 Å². The number of fused-ring (bicyclic) bond motifs is 5. The lowest BCUT2D eigenvalue weighted by Gasteiger charge is -2.23. The Morgan fingerprint density at radius 3 is 2.66 bits per heavy atom. The van der Waals surface area contributed by atoms with Gasteiger partial charge in [-0.2, -0.15) is 0 Å². The molecule has 29 heavy (non-hydrogen) atoms. The molecular weight excluding hydrogens is 372 g/mol. The van der Waals surface area contributed by atoms with E-state index in [1.165, 1.54) is 0 Å². The van der Waals surface area contributed by atoms with Crippen LogP contribution < -0.4 is 24.4 Å². The zero-order valence-electron chi connectivity index (χ0n) is 16.4. The molecule has 1 N–H and O–H groups in total. The lowest BCUT2D eigenvalue weighted by molar-refractivity contribution is -0.125. The Balaban J connectivity index is 1.55. The number of carbonyl (C=O) groups excluding carboxylic acids is 2. The van der Waals surface area contributed by atoms with Crippen molar-refractivity contribution in [1.82, 2.24) is 5.32 Å². The first-order valence-electron chi connectivity index (χ1n) is 9.76. The zero-order chi connectivity index (χ0) is 20.2. The van der Waals surface area contributed by atoms with Crippen molar-refractivity contribution in [2.75, 3.05) is 31.4 Å². The van der Waals surface area contributed by atoms with Gasteiger partial charge in [0.2, 0.25) is 18.6 Å². The molecule has 0 aliphatic carbocycles. The molecule has 1 spiro atoms. The molecule has 5 rings (SSSR count). The van der Waals surface area contributed by atoms with E-state index < -0.39 is 5.41 Å².